The summed E-state index contributed by atoms with van der Waals surface area (Å²) in [7, 11) is 0. The van der Waals surface area contributed by atoms with E-state index in [0.717, 1.165) is 18.6 Å². The van der Waals surface area contributed by atoms with E-state index in [1.807, 2.05) is 0 Å². The Hall–Kier alpha value is -1.98. The Bertz CT molecular complexity index is 609. The van der Waals surface area contributed by atoms with E-state index in [0.29, 0.717) is 18.4 Å². The van der Waals surface area contributed by atoms with Crippen LogP contribution in [0.25, 0.3) is 0 Å². The number of benzene rings is 1. The van der Waals surface area contributed by atoms with E-state index in [-0.39, 0.29) is 6.42 Å². The molecule has 0 radical (unpaired) electrons. The highest BCUT2D eigenvalue weighted by Gasteiger charge is 2.46. The topological polar surface area (TPSA) is 66.4 Å². The standard InChI is InChI=1S/C16H19F2NO3/c1-15(2,10-4-5-11(17)12(18)8-10)19-13(20)9-16(14(21)22)6-3-7-16/h4-5,8H,3,6-7,9H2,1-2H3,(H,19,20)(H,21,22). The molecule has 0 spiro atoms. The smallest absolute Gasteiger partial charge is 0.310 e. The van der Waals surface area contributed by atoms with Crippen LogP contribution in [-0.4, -0.2) is 17.0 Å². The average molecular weight is 311 g/mol. The van der Waals surface area contributed by atoms with Gasteiger partial charge in [0.05, 0.1) is 11.0 Å². The number of aliphatic carboxylic acids is 1. The van der Waals surface area contributed by atoms with Crippen LogP contribution in [0.2, 0.25) is 0 Å². The predicted octanol–water partition coefficient (Wildman–Crippen LogP) is 2.96. The number of hydrogen-bond acceptors (Lipinski definition) is 2. The van der Waals surface area contributed by atoms with Crippen molar-refractivity contribution >= 4 is 11.9 Å². The summed E-state index contributed by atoms with van der Waals surface area (Å²) in [6, 6.07) is 3.43. The normalized spacial score (nSPS) is 16.7. The Kier molecular flexibility index (Phi) is 4.22. The highest BCUT2D eigenvalue weighted by atomic mass is 19.2. The van der Waals surface area contributed by atoms with Gasteiger partial charge in [-0.15, -0.1) is 0 Å². The number of carboxylic acid groups (broad SMARTS) is 1. The van der Waals surface area contributed by atoms with Crippen molar-refractivity contribution in [3.8, 4) is 0 Å². The zero-order valence-corrected chi connectivity index (χ0v) is 12.6. The number of rotatable bonds is 5. The van der Waals surface area contributed by atoms with Gasteiger partial charge in [0.25, 0.3) is 0 Å². The lowest BCUT2D eigenvalue weighted by atomic mass is 9.66. The molecule has 22 heavy (non-hydrogen) atoms. The molecule has 0 heterocycles. The summed E-state index contributed by atoms with van der Waals surface area (Å²) in [5, 5.41) is 12.0. The lowest BCUT2D eigenvalue weighted by molar-refractivity contribution is -0.157. The first-order valence-electron chi connectivity index (χ1n) is 7.16. The first-order valence-corrected chi connectivity index (χ1v) is 7.16. The summed E-state index contributed by atoms with van der Waals surface area (Å²) >= 11 is 0. The molecule has 1 aliphatic rings. The molecule has 120 valence electrons. The van der Waals surface area contributed by atoms with E-state index < -0.39 is 34.5 Å². The van der Waals surface area contributed by atoms with Crippen molar-refractivity contribution in [1.82, 2.24) is 5.32 Å². The quantitative estimate of drug-likeness (QED) is 0.878. The van der Waals surface area contributed by atoms with Gasteiger partial charge in [-0.25, -0.2) is 8.78 Å². The van der Waals surface area contributed by atoms with Crippen molar-refractivity contribution < 1.29 is 23.5 Å². The van der Waals surface area contributed by atoms with E-state index in [9.17, 15) is 23.5 Å². The van der Waals surface area contributed by atoms with Crippen molar-refractivity contribution in [3.05, 3.63) is 35.4 Å². The number of carbonyl (C=O) groups excluding carboxylic acids is 1. The summed E-state index contributed by atoms with van der Waals surface area (Å²) in [6.07, 6.45) is 1.67. The van der Waals surface area contributed by atoms with Crippen LogP contribution in [0.15, 0.2) is 18.2 Å². The van der Waals surface area contributed by atoms with Gasteiger partial charge in [-0.1, -0.05) is 12.5 Å². The number of amides is 1. The maximum Gasteiger partial charge on any atom is 0.310 e. The Morgan fingerprint density at radius 1 is 1.27 bits per heavy atom. The lowest BCUT2D eigenvalue weighted by Gasteiger charge is -2.38. The maximum atomic E-state index is 13.3. The number of nitrogens with one attached hydrogen (secondary N) is 1. The Labute approximate surface area is 127 Å². The third kappa shape index (κ3) is 3.10. The van der Waals surface area contributed by atoms with E-state index in [4.69, 9.17) is 0 Å². The SMILES string of the molecule is CC(C)(NC(=O)CC1(C(=O)O)CCC1)c1ccc(F)c(F)c1. The molecule has 2 N–H and O–H groups in total. The number of carbonyl (C=O) groups is 2. The highest BCUT2D eigenvalue weighted by molar-refractivity contribution is 5.86. The van der Waals surface area contributed by atoms with Crippen molar-refractivity contribution in [2.75, 3.05) is 0 Å². The molecule has 2 rings (SSSR count). The van der Waals surface area contributed by atoms with Crippen molar-refractivity contribution in [2.24, 2.45) is 5.41 Å². The Balaban J connectivity index is 2.09. The molecule has 0 aromatic heterocycles. The van der Waals surface area contributed by atoms with Gasteiger partial charge in [-0.05, 0) is 44.4 Å². The molecular formula is C16H19F2NO3. The van der Waals surface area contributed by atoms with Gasteiger partial charge >= 0.3 is 5.97 Å². The van der Waals surface area contributed by atoms with Crippen LogP contribution in [0.1, 0.15) is 45.1 Å². The molecule has 4 nitrogen and oxygen atoms in total. The molecule has 0 bridgehead atoms. The van der Waals surface area contributed by atoms with E-state index in [2.05, 4.69) is 5.32 Å². The lowest BCUT2D eigenvalue weighted by Crippen LogP contribution is -2.47. The van der Waals surface area contributed by atoms with Crippen LogP contribution in [0.4, 0.5) is 8.78 Å². The van der Waals surface area contributed by atoms with Crippen LogP contribution >= 0.6 is 0 Å². The van der Waals surface area contributed by atoms with Crippen LogP contribution in [0.3, 0.4) is 0 Å². The molecule has 0 aliphatic heterocycles. The number of carboxylic acids is 1. The molecule has 0 unspecified atom stereocenters. The van der Waals surface area contributed by atoms with Gasteiger partial charge in [-0.3, -0.25) is 9.59 Å². The first-order chi connectivity index (χ1) is 10.2. The summed E-state index contributed by atoms with van der Waals surface area (Å²) in [4.78, 5) is 23.4. The molecule has 1 aromatic carbocycles. The number of hydrogen-bond donors (Lipinski definition) is 2. The van der Waals surface area contributed by atoms with Gasteiger partial charge in [0.1, 0.15) is 0 Å². The maximum absolute atomic E-state index is 13.3. The van der Waals surface area contributed by atoms with Gasteiger partial charge in [0.2, 0.25) is 5.91 Å². The molecule has 1 saturated carbocycles. The van der Waals surface area contributed by atoms with Gasteiger partial charge in [-0.2, -0.15) is 0 Å². The molecule has 0 saturated heterocycles. The minimum Gasteiger partial charge on any atom is -0.481 e. The molecular weight excluding hydrogens is 292 g/mol. The third-order valence-corrected chi connectivity index (χ3v) is 4.36. The summed E-state index contributed by atoms with van der Waals surface area (Å²) in [5.41, 5.74) is -1.48. The van der Waals surface area contributed by atoms with Crippen LogP contribution < -0.4 is 5.32 Å². The monoisotopic (exact) mass is 311 g/mol. The van der Waals surface area contributed by atoms with E-state index in [1.54, 1.807) is 13.8 Å². The van der Waals surface area contributed by atoms with Crippen molar-refractivity contribution in [1.29, 1.82) is 0 Å². The largest absolute Gasteiger partial charge is 0.481 e. The first kappa shape index (κ1) is 16.4. The summed E-state index contributed by atoms with van der Waals surface area (Å²) < 4.78 is 26.3. The Morgan fingerprint density at radius 3 is 2.36 bits per heavy atom. The summed E-state index contributed by atoms with van der Waals surface area (Å²) in [5.74, 6) is -3.30. The van der Waals surface area contributed by atoms with Crippen LogP contribution in [0, 0.1) is 17.0 Å². The minimum atomic E-state index is -0.985. The second kappa shape index (κ2) is 5.66. The fourth-order valence-corrected chi connectivity index (χ4v) is 2.73. The molecule has 1 amide bonds. The van der Waals surface area contributed by atoms with Crippen molar-refractivity contribution in [2.45, 2.75) is 45.1 Å². The second-order valence-electron chi connectivity index (χ2n) is 6.42. The van der Waals surface area contributed by atoms with Crippen LogP contribution in [0.5, 0.6) is 0 Å². The van der Waals surface area contributed by atoms with E-state index >= 15 is 0 Å². The average Bonchev–Trinajstić information content (AvgIpc) is 2.36. The van der Waals surface area contributed by atoms with Gasteiger partial charge < -0.3 is 10.4 Å². The second-order valence-corrected chi connectivity index (χ2v) is 6.42. The molecule has 0 atom stereocenters. The Morgan fingerprint density at radius 2 is 1.91 bits per heavy atom. The molecule has 1 aliphatic carbocycles. The fourth-order valence-electron chi connectivity index (χ4n) is 2.73. The predicted molar refractivity (Wildman–Crippen MR) is 76.1 cm³/mol. The summed E-state index contributed by atoms with van der Waals surface area (Å²) in [6.45, 7) is 3.32. The zero-order chi connectivity index (χ0) is 16.5. The minimum absolute atomic E-state index is 0.102. The molecule has 1 aromatic rings. The molecule has 1 fully saturated rings. The van der Waals surface area contributed by atoms with Gasteiger partial charge in [0, 0.05) is 6.42 Å². The number of halogens is 2. The molecule has 6 heteroatoms. The van der Waals surface area contributed by atoms with E-state index in [1.165, 1.54) is 6.07 Å². The third-order valence-electron chi connectivity index (χ3n) is 4.36. The van der Waals surface area contributed by atoms with Crippen LogP contribution in [-0.2, 0) is 15.1 Å². The van der Waals surface area contributed by atoms with Crippen molar-refractivity contribution in [3.63, 3.8) is 0 Å². The zero-order valence-electron chi connectivity index (χ0n) is 12.6. The highest BCUT2D eigenvalue weighted by Crippen LogP contribution is 2.44. The van der Waals surface area contributed by atoms with Gasteiger partial charge in [0.15, 0.2) is 11.6 Å². The fraction of sp³-hybridized carbons (Fsp3) is 0.500.